The predicted octanol–water partition coefficient (Wildman–Crippen LogP) is 3.33. The summed E-state index contributed by atoms with van der Waals surface area (Å²) in [7, 11) is 0. The van der Waals surface area contributed by atoms with Crippen LogP contribution in [0.25, 0.3) is 21.6 Å². The van der Waals surface area contributed by atoms with Crippen molar-refractivity contribution in [1.29, 1.82) is 0 Å². The van der Waals surface area contributed by atoms with Crippen molar-refractivity contribution in [2.45, 2.75) is 32.1 Å². The molecule has 1 aliphatic rings. The predicted molar refractivity (Wildman–Crippen MR) is 90.3 cm³/mol. The first-order chi connectivity index (χ1) is 11.1. The lowest BCUT2D eigenvalue weighted by Gasteiger charge is -2.04. The highest BCUT2D eigenvalue weighted by Crippen LogP contribution is 2.34. The van der Waals surface area contributed by atoms with Crippen LogP contribution in [0.4, 0.5) is 0 Å². The fourth-order valence-corrected chi connectivity index (χ4v) is 4.47. The van der Waals surface area contributed by atoms with Gasteiger partial charge in [-0.05, 0) is 43.4 Å². The number of phenols is 2. The molecule has 6 heteroatoms. The minimum Gasteiger partial charge on any atom is -0.508 e. The summed E-state index contributed by atoms with van der Waals surface area (Å²) in [4.78, 5) is 21.9. The number of aromatic amines is 1. The highest BCUT2D eigenvalue weighted by Gasteiger charge is 2.19. The summed E-state index contributed by atoms with van der Waals surface area (Å²) >= 11 is 1.59. The number of fused-ring (bicyclic) bond motifs is 3. The van der Waals surface area contributed by atoms with E-state index in [0.717, 1.165) is 36.1 Å². The first-order valence-corrected chi connectivity index (χ1v) is 8.51. The second-order valence-corrected chi connectivity index (χ2v) is 6.98. The number of rotatable bonds is 1. The maximum Gasteiger partial charge on any atom is 0.260 e. The molecule has 4 rings (SSSR count). The van der Waals surface area contributed by atoms with Gasteiger partial charge in [0.05, 0.1) is 5.39 Å². The Balaban J connectivity index is 1.92. The van der Waals surface area contributed by atoms with Crippen molar-refractivity contribution in [3.63, 3.8) is 0 Å². The monoisotopic (exact) mass is 328 g/mol. The Kier molecular flexibility index (Phi) is 3.34. The van der Waals surface area contributed by atoms with Crippen LogP contribution in [0.15, 0.2) is 23.0 Å². The molecule has 0 unspecified atom stereocenters. The van der Waals surface area contributed by atoms with E-state index in [0.29, 0.717) is 16.8 Å². The molecule has 0 saturated carbocycles. The van der Waals surface area contributed by atoms with Gasteiger partial charge in [-0.25, -0.2) is 4.98 Å². The lowest BCUT2D eigenvalue weighted by atomic mass is 10.1. The molecule has 0 aliphatic heterocycles. The molecule has 0 saturated heterocycles. The Morgan fingerprint density at radius 3 is 2.57 bits per heavy atom. The van der Waals surface area contributed by atoms with Crippen molar-refractivity contribution >= 4 is 21.6 Å². The number of aromatic nitrogens is 2. The van der Waals surface area contributed by atoms with E-state index in [1.165, 1.54) is 29.5 Å². The molecule has 0 bridgehead atoms. The van der Waals surface area contributed by atoms with Crippen LogP contribution in [0, 0.1) is 0 Å². The van der Waals surface area contributed by atoms with Crippen molar-refractivity contribution in [3.8, 4) is 22.9 Å². The van der Waals surface area contributed by atoms with Gasteiger partial charge in [0, 0.05) is 16.5 Å². The fourth-order valence-electron chi connectivity index (χ4n) is 3.21. The van der Waals surface area contributed by atoms with E-state index in [1.807, 2.05) is 0 Å². The quantitative estimate of drug-likeness (QED) is 0.598. The Morgan fingerprint density at radius 1 is 1.04 bits per heavy atom. The minimum atomic E-state index is -0.146. The molecule has 23 heavy (non-hydrogen) atoms. The van der Waals surface area contributed by atoms with Gasteiger partial charge < -0.3 is 15.2 Å². The Morgan fingerprint density at radius 2 is 1.78 bits per heavy atom. The molecule has 1 aliphatic carbocycles. The molecule has 0 radical (unpaired) electrons. The third-order valence-corrected chi connectivity index (χ3v) is 5.44. The number of nitrogens with zero attached hydrogens (tertiary/aromatic N) is 1. The second-order valence-electron chi connectivity index (χ2n) is 5.90. The number of hydrogen-bond donors (Lipinski definition) is 3. The smallest absolute Gasteiger partial charge is 0.260 e. The van der Waals surface area contributed by atoms with Crippen molar-refractivity contribution in [3.05, 3.63) is 39.0 Å². The van der Waals surface area contributed by atoms with Gasteiger partial charge in [-0.2, -0.15) is 0 Å². The Bertz CT molecular complexity index is 938. The molecule has 2 aromatic heterocycles. The van der Waals surface area contributed by atoms with Crippen molar-refractivity contribution < 1.29 is 10.2 Å². The number of hydrogen-bond acceptors (Lipinski definition) is 5. The number of aryl methyl sites for hydroxylation is 2. The normalized spacial score (nSPS) is 14.6. The van der Waals surface area contributed by atoms with Crippen LogP contribution in [0.2, 0.25) is 0 Å². The molecular formula is C17H16N2O3S. The summed E-state index contributed by atoms with van der Waals surface area (Å²) < 4.78 is 0. The zero-order valence-electron chi connectivity index (χ0n) is 12.4. The van der Waals surface area contributed by atoms with Crippen molar-refractivity contribution in [2.75, 3.05) is 0 Å². The average Bonchev–Trinajstić information content (AvgIpc) is 2.69. The first-order valence-electron chi connectivity index (χ1n) is 7.70. The number of phenolic OH excluding ortho intramolecular Hbond substituents is 2. The number of aromatic hydroxyl groups is 2. The summed E-state index contributed by atoms with van der Waals surface area (Å²) in [5.41, 5.74) is 1.50. The van der Waals surface area contributed by atoms with Crippen molar-refractivity contribution in [1.82, 2.24) is 9.97 Å². The van der Waals surface area contributed by atoms with Crippen LogP contribution in [0.3, 0.4) is 0 Å². The number of thiophene rings is 1. The van der Waals surface area contributed by atoms with Crippen LogP contribution in [0.1, 0.15) is 29.7 Å². The zero-order valence-corrected chi connectivity index (χ0v) is 13.2. The summed E-state index contributed by atoms with van der Waals surface area (Å²) in [5, 5.41) is 20.0. The summed E-state index contributed by atoms with van der Waals surface area (Å²) in [6.07, 6.45) is 5.42. The zero-order chi connectivity index (χ0) is 16.0. The molecular weight excluding hydrogens is 312 g/mol. The molecule has 0 spiro atoms. The van der Waals surface area contributed by atoms with Gasteiger partial charge in [0.1, 0.15) is 22.2 Å². The van der Waals surface area contributed by atoms with Crippen LogP contribution >= 0.6 is 11.3 Å². The number of benzene rings is 1. The Labute approximate surface area is 136 Å². The van der Waals surface area contributed by atoms with E-state index in [1.54, 1.807) is 11.3 Å². The molecule has 0 fully saturated rings. The minimum absolute atomic E-state index is 0.0651. The summed E-state index contributed by atoms with van der Waals surface area (Å²) in [5.74, 6) is 0.236. The van der Waals surface area contributed by atoms with E-state index >= 15 is 0 Å². The van der Waals surface area contributed by atoms with E-state index in [2.05, 4.69) is 9.97 Å². The van der Waals surface area contributed by atoms with Gasteiger partial charge in [-0.3, -0.25) is 4.79 Å². The number of nitrogens with one attached hydrogen (secondary N) is 1. The maximum absolute atomic E-state index is 12.6. The first kappa shape index (κ1) is 14.3. The van der Waals surface area contributed by atoms with Crippen LogP contribution < -0.4 is 5.56 Å². The molecule has 0 amide bonds. The molecule has 118 valence electrons. The molecule has 3 N–H and O–H groups in total. The van der Waals surface area contributed by atoms with Gasteiger partial charge >= 0.3 is 0 Å². The van der Waals surface area contributed by atoms with Crippen LogP contribution in [-0.4, -0.2) is 20.2 Å². The molecule has 3 aromatic rings. The highest BCUT2D eigenvalue weighted by molar-refractivity contribution is 7.18. The van der Waals surface area contributed by atoms with Gasteiger partial charge in [-0.15, -0.1) is 11.3 Å². The van der Waals surface area contributed by atoms with E-state index in [4.69, 9.17) is 0 Å². The maximum atomic E-state index is 12.6. The highest BCUT2D eigenvalue weighted by atomic mass is 32.1. The lowest BCUT2D eigenvalue weighted by Crippen LogP contribution is -2.10. The second kappa shape index (κ2) is 5.38. The molecule has 2 heterocycles. The van der Waals surface area contributed by atoms with Crippen LogP contribution in [-0.2, 0) is 12.8 Å². The van der Waals surface area contributed by atoms with Crippen LogP contribution in [0.5, 0.6) is 11.5 Å². The third kappa shape index (κ3) is 2.49. The SMILES string of the molecule is O=c1[nH]c(-c2cc(O)cc(O)c2)nc2sc3c(c12)CCCCC3. The topological polar surface area (TPSA) is 86.2 Å². The average molecular weight is 328 g/mol. The van der Waals surface area contributed by atoms with E-state index in [-0.39, 0.29) is 17.1 Å². The Hall–Kier alpha value is -2.34. The molecule has 5 nitrogen and oxygen atoms in total. The fraction of sp³-hybridized carbons (Fsp3) is 0.294. The largest absolute Gasteiger partial charge is 0.508 e. The third-order valence-electron chi connectivity index (χ3n) is 4.25. The molecule has 0 atom stereocenters. The van der Waals surface area contributed by atoms with Gasteiger partial charge in [0.2, 0.25) is 0 Å². The number of H-pyrrole nitrogens is 1. The van der Waals surface area contributed by atoms with Gasteiger partial charge in [-0.1, -0.05) is 6.42 Å². The van der Waals surface area contributed by atoms with E-state index < -0.39 is 0 Å². The van der Waals surface area contributed by atoms with Gasteiger partial charge in [0.25, 0.3) is 5.56 Å². The summed E-state index contributed by atoms with van der Waals surface area (Å²) in [6.45, 7) is 0. The van der Waals surface area contributed by atoms with Crippen molar-refractivity contribution in [2.24, 2.45) is 0 Å². The van der Waals surface area contributed by atoms with Gasteiger partial charge in [0.15, 0.2) is 0 Å². The lowest BCUT2D eigenvalue weighted by molar-refractivity contribution is 0.451. The summed E-state index contributed by atoms with van der Waals surface area (Å²) in [6, 6.07) is 4.19. The molecule has 1 aromatic carbocycles. The van der Waals surface area contributed by atoms with E-state index in [9.17, 15) is 15.0 Å². The standard InChI is InChI=1S/C17H16N2O3S/c20-10-6-9(7-11(21)8-10)15-18-16(22)14-12-4-2-1-3-5-13(12)23-17(14)19-15/h6-8,20-21H,1-5H2,(H,18,19,22).